The first-order valence-corrected chi connectivity index (χ1v) is 13.4. The zero-order valence-corrected chi connectivity index (χ0v) is 21.5. The van der Waals surface area contributed by atoms with Crippen LogP contribution in [0.3, 0.4) is 0 Å². The van der Waals surface area contributed by atoms with Gasteiger partial charge in [-0.05, 0) is 54.2 Å². The van der Waals surface area contributed by atoms with E-state index in [1.807, 2.05) is 26.8 Å². The number of Topliss-reactive ketones (excluding diaryl/α,β-unsaturated/α-hetero) is 1. The number of hydrogen-bond donors (Lipinski definition) is 2. The molecule has 0 bridgehead atoms. The predicted molar refractivity (Wildman–Crippen MR) is 135 cm³/mol. The highest BCUT2D eigenvalue weighted by molar-refractivity contribution is 7.91. The molecule has 0 radical (unpaired) electrons. The second-order valence-corrected chi connectivity index (χ2v) is 10.3. The van der Waals surface area contributed by atoms with E-state index in [4.69, 9.17) is 9.15 Å². The zero-order chi connectivity index (χ0) is 25.6. The Kier molecular flexibility index (Phi) is 12.4. The molecule has 0 aliphatic rings. The normalized spacial score (nSPS) is 13.6. The molecule has 1 aromatic carbocycles. The lowest BCUT2D eigenvalue weighted by Gasteiger charge is -2.24. The van der Waals surface area contributed by atoms with Crippen molar-refractivity contribution in [2.24, 2.45) is 5.92 Å². The molecule has 1 heterocycles. The van der Waals surface area contributed by atoms with Crippen LogP contribution in [0.4, 0.5) is 0 Å². The fourth-order valence-electron chi connectivity index (χ4n) is 3.46. The van der Waals surface area contributed by atoms with E-state index in [-0.39, 0.29) is 29.8 Å². The Bertz CT molecular complexity index is 904. The van der Waals surface area contributed by atoms with Gasteiger partial charge < -0.3 is 24.3 Å². The second kappa shape index (κ2) is 15.3. The molecule has 0 spiro atoms. The van der Waals surface area contributed by atoms with E-state index in [2.05, 4.69) is 10.6 Å². The highest BCUT2D eigenvalue weighted by Gasteiger charge is 2.29. The van der Waals surface area contributed by atoms with Crippen LogP contribution in [0.1, 0.15) is 52.2 Å². The molecule has 2 aromatic rings. The van der Waals surface area contributed by atoms with Crippen LogP contribution >= 0.6 is 0 Å². The summed E-state index contributed by atoms with van der Waals surface area (Å²) in [6.45, 7) is 5.66. The molecule has 0 saturated heterocycles. The molecule has 192 valence electrons. The number of carbonyl (C=O) groups is 3. The summed E-state index contributed by atoms with van der Waals surface area (Å²) in [6.07, 6.45) is 3.92. The van der Waals surface area contributed by atoms with Gasteiger partial charge in [-0.2, -0.15) is 0 Å². The molecule has 2 amide bonds. The van der Waals surface area contributed by atoms with Gasteiger partial charge in [0.05, 0.1) is 12.3 Å². The summed E-state index contributed by atoms with van der Waals surface area (Å²) in [5.41, 5.74) is 0. The van der Waals surface area contributed by atoms with Crippen molar-refractivity contribution in [2.45, 2.75) is 64.3 Å². The molecule has 0 saturated carbocycles. The highest BCUT2D eigenvalue weighted by atomic mass is 32.2. The van der Waals surface area contributed by atoms with Crippen molar-refractivity contribution in [3.63, 3.8) is 0 Å². The number of nitrogens with one attached hydrogen (secondary N) is 2. The highest BCUT2D eigenvalue weighted by Crippen LogP contribution is 2.12. The number of rotatable bonds is 16. The molecule has 8 nitrogen and oxygen atoms in total. The monoisotopic (exact) mass is 504 g/mol. The van der Waals surface area contributed by atoms with E-state index in [1.54, 1.807) is 36.4 Å². The Morgan fingerprint density at radius 2 is 1.80 bits per heavy atom. The van der Waals surface area contributed by atoms with Crippen molar-refractivity contribution < 1.29 is 28.1 Å². The Morgan fingerprint density at radius 3 is 2.43 bits per heavy atom. The average Bonchev–Trinajstić information content (AvgIpc) is 3.33. The minimum absolute atomic E-state index is 0.131. The van der Waals surface area contributed by atoms with E-state index >= 15 is 0 Å². The maximum Gasteiger partial charge on any atom is 0.258 e. The molecule has 35 heavy (non-hydrogen) atoms. The fourth-order valence-corrected chi connectivity index (χ4v) is 4.56. The number of benzene rings is 1. The summed E-state index contributed by atoms with van der Waals surface area (Å²) in [5, 5.41) is 5.53. The number of carbonyl (C=O) groups excluding carboxylic acids is 3. The molecule has 9 heteroatoms. The average molecular weight is 505 g/mol. The molecule has 1 aromatic heterocycles. The van der Waals surface area contributed by atoms with Crippen molar-refractivity contribution in [1.82, 2.24) is 10.6 Å². The first-order chi connectivity index (χ1) is 16.8. The van der Waals surface area contributed by atoms with Crippen LogP contribution in [0.2, 0.25) is 0 Å². The van der Waals surface area contributed by atoms with Crippen LogP contribution < -0.4 is 15.4 Å². The zero-order valence-electron chi connectivity index (χ0n) is 20.7. The Morgan fingerprint density at radius 1 is 1.06 bits per heavy atom. The number of para-hydroxylation sites is 1. The van der Waals surface area contributed by atoms with Crippen molar-refractivity contribution in [2.75, 3.05) is 12.4 Å². The topological polar surface area (TPSA) is 121 Å². The maximum atomic E-state index is 13.1. The van der Waals surface area contributed by atoms with E-state index in [9.17, 15) is 18.9 Å². The molecule has 2 rings (SSSR count). The fraction of sp³-hybridized carbons (Fsp3) is 0.500. The van der Waals surface area contributed by atoms with Gasteiger partial charge in [-0.15, -0.1) is 0 Å². The summed E-state index contributed by atoms with van der Waals surface area (Å²) in [4.78, 5) is 38.5. The largest absolute Gasteiger partial charge is 0.616 e. The lowest BCUT2D eigenvalue weighted by atomic mass is 10.0. The third-order valence-corrected chi connectivity index (χ3v) is 6.42. The van der Waals surface area contributed by atoms with Crippen LogP contribution in [-0.4, -0.2) is 46.6 Å². The van der Waals surface area contributed by atoms with Crippen molar-refractivity contribution in [3.8, 4) is 5.75 Å². The van der Waals surface area contributed by atoms with Gasteiger partial charge in [0.2, 0.25) is 11.7 Å². The first kappa shape index (κ1) is 28.5. The number of furan rings is 1. The lowest BCUT2D eigenvalue weighted by Crippen LogP contribution is -2.53. The van der Waals surface area contributed by atoms with Gasteiger partial charge in [0.1, 0.15) is 11.8 Å². The Hall–Kier alpha value is -2.78. The Balaban J connectivity index is 1.97. The number of unbranched alkanes of at least 4 members (excludes halogenated alkanes) is 1. The molecule has 1 unspecified atom stereocenters. The summed E-state index contributed by atoms with van der Waals surface area (Å²) < 4.78 is 23.1. The third-order valence-electron chi connectivity index (χ3n) is 5.21. The minimum atomic E-state index is -1.45. The van der Waals surface area contributed by atoms with Crippen LogP contribution in [0.25, 0.3) is 0 Å². The Labute approximate surface area is 210 Å². The second-order valence-electron chi connectivity index (χ2n) is 8.83. The number of ketones is 1. The van der Waals surface area contributed by atoms with E-state index in [0.717, 1.165) is 12.8 Å². The van der Waals surface area contributed by atoms with Gasteiger partial charge in [0.25, 0.3) is 5.91 Å². The third kappa shape index (κ3) is 11.0. The smallest absolute Gasteiger partial charge is 0.258 e. The summed E-state index contributed by atoms with van der Waals surface area (Å²) in [7, 11) is 0. The standard InChI is InChI=1S/C26H36N2O6S/c1-4-5-13-22(24(29)18-35(32)17-21-12-9-14-33-21)28-26(31)23(15-19(2)3)27-25(30)16-34-20-10-7-6-8-11-20/h6-12,14,19,22-23H,4-5,13,15-18H2,1-3H3,(H,27,30)(H,28,31)/t22-,23-,35?/m0/s1. The first-order valence-electron chi connectivity index (χ1n) is 12.0. The SMILES string of the molecule is CCCC[C@H](NC(=O)[C@H](CC(C)C)NC(=O)COc1ccccc1)C(=O)C[S+]([O-])Cc1ccco1. The number of ether oxygens (including phenoxy) is 1. The lowest BCUT2D eigenvalue weighted by molar-refractivity contribution is -0.132. The molecular weight excluding hydrogens is 468 g/mol. The van der Waals surface area contributed by atoms with Gasteiger partial charge in [-0.1, -0.05) is 51.8 Å². The summed E-state index contributed by atoms with van der Waals surface area (Å²) in [6, 6.07) is 10.8. The van der Waals surface area contributed by atoms with Crippen LogP contribution in [0, 0.1) is 5.92 Å². The van der Waals surface area contributed by atoms with Gasteiger partial charge in [-0.3, -0.25) is 14.4 Å². The van der Waals surface area contributed by atoms with Gasteiger partial charge in [-0.25, -0.2) is 0 Å². The van der Waals surface area contributed by atoms with Crippen molar-refractivity contribution in [3.05, 3.63) is 54.5 Å². The summed E-state index contributed by atoms with van der Waals surface area (Å²) in [5.74, 6) is 0.0411. The van der Waals surface area contributed by atoms with Crippen LogP contribution in [-0.2, 0) is 31.3 Å². The quantitative estimate of drug-likeness (QED) is 0.338. The van der Waals surface area contributed by atoms with Crippen LogP contribution in [0.15, 0.2) is 53.1 Å². The van der Waals surface area contributed by atoms with E-state index in [0.29, 0.717) is 24.4 Å². The van der Waals surface area contributed by atoms with Crippen LogP contribution in [0.5, 0.6) is 5.75 Å². The predicted octanol–water partition coefficient (Wildman–Crippen LogP) is 3.38. The molecule has 0 aliphatic heterocycles. The molecule has 2 N–H and O–H groups in total. The minimum Gasteiger partial charge on any atom is -0.616 e. The van der Waals surface area contributed by atoms with Crippen molar-refractivity contribution in [1.29, 1.82) is 0 Å². The van der Waals surface area contributed by atoms with Gasteiger partial charge in [0, 0.05) is 0 Å². The number of amides is 2. The maximum absolute atomic E-state index is 13.1. The molecule has 3 atom stereocenters. The number of hydrogen-bond acceptors (Lipinski definition) is 6. The van der Waals surface area contributed by atoms with E-state index < -0.39 is 35.1 Å². The summed E-state index contributed by atoms with van der Waals surface area (Å²) >= 11 is -1.45. The van der Waals surface area contributed by atoms with Gasteiger partial charge in [0.15, 0.2) is 23.9 Å². The van der Waals surface area contributed by atoms with Gasteiger partial charge >= 0.3 is 0 Å². The van der Waals surface area contributed by atoms with E-state index in [1.165, 1.54) is 6.26 Å². The molecular formula is C26H36N2O6S. The molecule has 0 aliphatic carbocycles. The molecule has 0 fully saturated rings. The van der Waals surface area contributed by atoms with Crippen molar-refractivity contribution >= 4 is 28.8 Å².